The van der Waals surface area contributed by atoms with Gasteiger partial charge >= 0.3 is 6.18 Å². The summed E-state index contributed by atoms with van der Waals surface area (Å²) in [4.78, 5) is 13.5. The van der Waals surface area contributed by atoms with E-state index in [1.54, 1.807) is 19.1 Å². The number of aryl methyl sites for hydroxylation is 1. The van der Waals surface area contributed by atoms with Crippen molar-refractivity contribution in [3.8, 4) is 0 Å². The van der Waals surface area contributed by atoms with E-state index in [2.05, 4.69) is 4.98 Å². The summed E-state index contributed by atoms with van der Waals surface area (Å²) in [5.41, 5.74) is -0.872. The average molecular weight is 227 g/mol. The highest BCUT2D eigenvalue weighted by atomic mass is 19.4. The fourth-order valence-electron chi connectivity index (χ4n) is 1.73. The molecule has 0 aliphatic carbocycles. The largest absolute Gasteiger partial charge is 0.418 e. The Hall–Kier alpha value is -1.78. The number of nitrogens with one attached hydrogen (secondary N) is 1. The van der Waals surface area contributed by atoms with Gasteiger partial charge in [0.15, 0.2) is 0 Å². The summed E-state index contributed by atoms with van der Waals surface area (Å²) < 4.78 is 38.1. The Bertz CT molecular complexity index is 598. The van der Waals surface area contributed by atoms with Gasteiger partial charge in [-0.2, -0.15) is 13.2 Å². The van der Waals surface area contributed by atoms with Gasteiger partial charge in [-0.25, -0.2) is 0 Å². The first kappa shape index (κ1) is 10.7. The molecule has 0 radical (unpaired) electrons. The van der Waals surface area contributed by atoms with Crippen molar-refractivity contribution in [1.29, 1.82) is 0 Å². The Morgan fingerprint density at radius 3 is 2.56 bits per heavy atom. The van der Waals surface area contributed by atoms with Crippen molar-refractivity contribution in [1.82, 2.24) is 4.98 Å². The number of benzene rings is 1. The van der Waals surface area contributed by atoms with Crippen LogP contribution >= 0.6 is 0 Å². The summed E-state index contributed by atoms with van der Waals surface area (Å²) in [6.45, 7) is 1.55. The minimum atomic E-state index is -4.46. The van der Waals surface area contributed by atoms with Gasteiger partial charge in [0.2, 0.25) is 0 Å². The molecule has 1 N–H and O–H groups in total. The third-order valence-electron chi connectivity index (χ3n) is 2.44. The van der Waals surface area contributed by atoms with Crippen LogP contribution in [0, 0.1) is 6.92 Å². The highest BCUT2D eigenvalue weighted by Gasteiger charge is 2.33. The first-order valence-electron chi connectivity index (χ1n) is 4.59. The lowest BCUT2D eigenvalue weighted by molar-refractivity contribution is -0.136. The highest BCUT2D eigenvalue weighted by Crippen LogP contribution is 2.34. The smallest absolute Gasteiger partial charge is 0.328 e. The fourth-order valence-corrected chi connectivity index (χ4v) is 1.73. The molecule has 0 saturated carbocycles. The van der Waals surface area contributed by atoms with Crippen LogP contribution in [0.5, 0.6) is 0 Å². The van der Waals surface area contributed by atoms with Gasteiger partial charge in [-0.3, -0.25) is 4.79 Å². The van der Waals surface area contributed by atoms with Gasteiger partial charge in [0.25, 0.3) is 5.56 Å². The molecule has 2 nitrogen and oxygen atoms in total. The third kappa shape index (κ3) is 1.58. The number of pyridine rings is 1. The molecule has 1 heterocycles. The molecule has 16 heavy (non-hydrogen) atoms. The molecule has 0 aliphatic rings. The zero-order chi connectivity index (χ0) is 11.9. The van der Waals surface area contributed by atoms with Crippen LogP contribution in [0.25, 0.3) is 10.8 Å². The number of alkyl halides is 3. The quantitative estimate of drug-likeness (QED) is 0.737. The molecule has 0 aliphatic heterocycles. The monoisotopic (exact) mass is 227 g/mol. The first-order valence-corrected chi connectivity index (χ1v) is 4.59. The van der Waals surface area contributed by atoms with Crippen molar-refractivity contribution < 1.29 is 13.2 Å². The summed E-state index contributed by atoms with van der Waals surface area (Å²) in [6, 6.07) is 4.50. The van der Waals surface area contributed by atoms with Gasteiger partial charge in [-0.15, -0.1) is 0 Å². The molecule has 2 aromatic rings. The maximum absolute atomic E-state index is 12.7. The van der Waals surface area contributed by atoms with E-state index in [-0.39, 0.29) is 10.8 Å². The van der Waals surface area contributed by atoms with Crippen LogP contribution in [-0.4, -0.2) is 4.98 Å². The minimum absolute atomic E-state index is 0.0289. The normalized spacial score (nSPS) is 12.0. The van der Waals surface area contributed by atoms with E-state index in [0.29, 0.717) is 5.56 Å². The van der Waals surface area contributed by atoms with E-state index >= 15 is 0 Å². The maximum Gasteiger partial charge on any atom is 0.418 e. The van der Waals surface area contributed by atoms with Gasteiger partial charge in [0, 0.05) is 17.0 Å². The Kier molecular flexibility index (Phi) is 2.26. The van der Waals surface area contributed by atoms with Crippen molar-refractivity contribution in [2.24, 2.45) is 0 Å². The van der Waals surface area contributed by atoms with Gasteiger partial charge in [-0.1, -0.05) is 12.1 Å². The molecule has 0 unspecified atom stereocenters. The summed E-state index contributed by atoms with van der Waals surface area (Å²) in [7, 11) is 0. The predicted molar refractivity (Wildman–Crippen MR) is 54.3 cm³/mol. The highest BCUT2D eigenvalue weighted by molar-refractivity contribution is 5.88. The van der Waals surface area contributed by atoms with Gasteiger partial charge in [0.1, 0.15) is 0 Å². The molecule has 2 rings (SSSR count). The van der Waals surface area contributed by atoms with Crippen molar-refractivity contribution >= 4 is 10.8 Å². The Morgan fingerprint density at radius 2 is 1.94 bits per heavy atom. The lowest BCUT2D eigenvalue weighted by atomic mass is 10.0. The number of hydrogen-bond acceptors (Lipinski definition) is 1. The molecule has 0 atom stereocenters. The Labute approximate surface area is 88.7 Å². The van der Waals surface area contributed by atoms with E-state index in [0.717, 1.165) is 6.20 Å². The molecule has 1 aromatic heterocycles. The first-order chi connectivity index (χ1) is 7.41. The van der Waals surface area contributed by atoms with Crippen LogP contribution in [-0.2, 0) is 6.18 Å². The molecular weight excluding hydrogens is 219 g/mol. The maximum atomic E-state index is 12.7. The summed E-state index contributed by atoms with van der Waals surface area (Å²) in [5, 5.41) is 0.0357. The van der Waals surface area contributed by atoms with E-state index in [9.17, 15) is 18.0 Å². The molecule has 5 heteroatoms. The van der Waals surface area contributed by atoms with Crippen LogP contribution in [0.1, 0.15) is 11.1 Å². The molecule has 0 amide bonds. The minimum Gasteiger partial charge on any atom is -0.328 e. The molecule has 0 fully saturated rings. The molecule has 0 spiro atoms. The summed E-state index contributed by atoms with van der Waals surface area (Å²) >= 11 is 0. The Morgan fingerprint density at radius 1 is 1.25 bits per heavy atom. The van der Waals surface area contributed by atoms with Crippen LogP contribution < -0.4 is 5.56 Å². The topological polar surface area (TPSA) is 32.9 Å². The molecule has 1 aromatic carbocycles. The van der Waals surface area contributed by atoms with Crippen molar-refractivity contribution in [2.45, 2.75) is 13.1 Å². The van der Waals surface area contributed by atoms with E-state index in [1.807, 2.05) is 0 Å². The van der Waals surface area contributed by atoms with Crippen molar-refractivity contribution in [3.05, 3.63) is 45.9 Å². The van der Waals surface area contributed by atoms with E-state index in [4.69, 9.17) is 0 Å². The number of fused-ring (bicyclic) bond motifs is 1. The number of aromatic amines is 1. The SMILES string of the molecule is Cc1cccc2c(=O)[nH]cc(C(F)(F)F)c12. The number of hydrogen-bond donors (Lipinski definition) is 1. The van der Waals surface area contributed by atoms with Crippen LogP contribution in [0.2, 0.25) is 0 Å². The summed E-state index contributed by atoms with van der Waals surface area (Å²) in [6.07, 6.45) is -3.74. The molecular formula is C11H8F3NO. The van der Waals surface area contributed by atoms with Gasteiger partial charge in [-0.05, 0) is 18.6 Å². The number of rotatable bonds is 0. The van der Waals surface area contributed by atoms with Gasteiger partial charge < -0.3 is 4.98 Å². The van der Waals surface area contributed by atoms with Crippen LogP contribution in [0.3, 0.4) is 0 Å². The van der Waals surface area contributed by atoms with E-state index in [1.165, 1.54) is 6.07 Å². The number of aromatic nitrogens is 1. The average Bonchev–Trinajstić information content (AvgIpc) is 2.18. The van der Waals surface area contributed by atoms with Gasteiger partial charge in [0.05, 0.1) is 5.56 Å². The molecule has 0 saturated heterocycles. The zero-order valence-electron chi connectivity index (χ0n) is 8.35. The predicted octanol–water partition coefficient (Wildman–Crippen LogP) is 2.86. The lowest BCUT2D eigenvalue weighted by Crippen LogP contribution is -2.14. The van der Waals surface area contributed by atoms with E-state index < -0.39 is 17.3 Å². The summed E-state index contributed by atoms with van der Waals surface area (Å²) in [5.74, 6) is 0. The van der Waals surface area contributed by atoms with Crippen LogP contribution in [0.15, 0.2) is 29.2 Å². The Balaban J connectivity index is 2.98. The molecule has 0 bridgehead atoms. The standard InChI is InChI=1S/C11H8F3NO/c1-6-3-2-4-7-9(6)8(11(12,13)14)5-15-10(7)16/h2-5H,1H3,(H,15,16). The number of halogens is 3. The second-order valence-electron chi connectivity index (χ2n) is 3.53. The van der Waals surface area contributed by atoms with Crippen molar-refractivity contribution in [3.63, 3.8) is 0 Å². The second kappa shape index (κ2) is 3.37. The third-order valence-corrected chi connectivity index (χ3v) is 2.44. The zero-order valence-corrected chi connectivity index (χ0v) is 8.35. The fraction of sp³-hybridized carbons (Fsp3) is 0.182. The second-order valence-corrected chi connectivity index (χ2v) is 3.53. The van der Waals surface area contributed by atoms with Crippen molar-refractivity contribution in [2.75, 3.05) is 0 Å². The lowest BCUT2D eigenvalue weighted by Gasteiger charge is -2.11. The molecule has 84 valence electrons. The number of H-pyrrole nitrogens is 1. The van der Waals surface area contributed by atoms with Crippen LogP contribution in [0.4, 0.5) is 13.2 Å².